The van der Waals surface area contributed by atoms with E-state index in [9.17, 15) is 9.59 Å². The summed E-state index contributed by atoms with van der Waals surface area (Å²) in [6.07, 6.45) is 4.92. The van der Waals surface area contributed by atoms with Crippen molar-refractivity contribution < 1.29 is 14.7 Å². The largest absolute Gasteiger partial charge is 0.478 e. The Morgan fingerprint density at radius 3 is 2.80 bits per heavy atom. The van der Waals surface area contributed by atoms with Gasteiger partial charge in [-0.15, -0.1) is 0 Å². The number of benzene rings is 1. The zero-order valence-corrected chi connectivity index (χ0v) is 11.0. The highest BCUT2D eigenvalue weighted by atomic mass is 16.4. The standard InChI is InChI=1S/C14H15N3O3/c1-10(16-14(20)17-7-6-15-9-17)8-11-4-2-3-5-12(11)13(18)19/h2-7,9-10H,8H2,1H3,(H,16,20)(H,18,19)/t10-/m1/s1. The Balaban J connectivity index is 2.03. The van der Waals surface area contributed by atoms with Crippen LogP contribution in [0.5, 0.6) is 0 Å². The number of imidazole rings is 1. The topological polar surface area (TPSA) is 84.2 Å². The summed E-state index contributed by atoms with van der Waals surface area (Å²) in [7, 11) is 0. The molecule has 2 aromatic rings. The van der Waals surface area contributed by atoms with E-state index < -0.39 is 5.97 Å². The molecule has 0 aliphatic rings. The van der Waals surface area contributed by atoms with Gasteiger partial charge < -0.3 is 10.4 Å². The van der Waals surface area contributed by atoms with Gasteiger partial charge in [-0.25, -0.2) is 14.6 Å². The van der Waals surface area contributed by atoms with Crippen LogP contribution in [0.15, 0.2) is 43.0 Å². The summed E-state index contributed by atoms with van der Waals surface area (Å²) in [5, 5.41) is 11.9. The number of carboxylic acids is 1. The van der Waals surface area contributed by atoms with Crippen LogP contribution in [0, 0.1) is 0 Å². The Kier molecular flexibility index (Phi) is 4.14. The summed E-state index contributed by atoms with van der Waals surface area (Å²) in [4.78, 5) is 26.7. The normalized spacial score (nSPS) is 11.8. The van der Waals surface area contributed by atoms with E-state index in [1.165, 1.54) is 17.1 Å². The molecular weight excluding hydrogens is 258 g/mol. The zero-order chi connectivity index (χ0) is 14.5. The fourth-order valence-corrected chi connectivity index (χ4v) is 1.95. The highest BCUT2D eigenvalue weighted by Gasteiger charge is 2.14. The van der Waals surface area contributed by atoms with E-state index in [0.717, 1.165) is 0 Å². The van der Waals surface area contributed by atoms with Crippen molar-refractivity contribution in [2.24, 2.45) is 0 Å². The molecule has 0 fully saturated rings. The molecule has 1 atom stereocenters. The second-order valence-corrected chi connectivity index (χ2v) is 4.49. The second kappa shape index (κ2) is 6.01. The molecule has 1 amide bonds. The number of carboxylic acid groups (broad SMARTS) is 1. The van der Waals surface area contributed by atoms with Gasteiger partial charge >= 0.3 is 12.0 Å². The van der Waals surface area contributed by atoms with Crippen molar-refractivity contribution in [3.8, 4) is 0 Å². The summed E-state index contributed by atoms with van der Waals surface area (Å²) in [6.45, 7) is 1.83. The molecule has 1 heterocycles. The smallest absolute Gasteiger partial charge is 0.335 e. The molecule has 104 valence electrons. The van der Waals surface area contributed by atoms with Crippen molar-refractivity contribution in [3.05, 3.63) is 54.1 Å². The monoisotopic (exact) mass is 273 g/mol. The van der Waals surface area contributed by atoms with Gasteiger partial charge in [-0.1, -0.05) is 18.2 Å². The molecule has 0 radical (unpaired) electrons. The molecule has 0 bridgehead atoms. The van der Waals surface area contributed by atoms with E-state index in [1.54, 1.807) is 30.5 Å². The number of rotatable bonds is 4. The number of aromatic nitrogens is 2. The number of carbonyl (C=O) groups is 2. The van der Waals surface area contributed by atoms with E-state index >= 15 is 0 Å². The Labute approximate surface area is 116 Å². The highest BCUT2D eigenvalue weighted by molar-refractivity contribution is 5.89. The van der Waals surface area contributed by atoms with Crippen LogP contribution in [0.4, 0.5) is 4.79 Å². The van der Waals surface area contributed by atoms with Gasteiger partial charge in [0.15, 0.2) is 0 Å². The van der Waals surface area contributed by atoms with Crippen molar-refractivity contribution in [3.63, 3.8) is 0 Å². The van der Waals surface area contributed by atoms with E-state index in [1.807, 2.05) is 6.92 Å². The average molecular weight is 273 g/mol. The van der Waals surface area contributed by atoms with Crippen molar-refractivity contribution in [1.82, 2.24) is 14.9 Å². The molecule has 6 nitrogen and oxygen atoms in total. The number of hydrogen-bond donors (Lipinski definition) is 2. The van der Waals surface area contributed by atoms with Crippen LogP contribution in [0.2, 0.25) is 0 Å². The molecule has 0 saturated carbocycles. The Bertz CT molecular complexity index is 608. The summed E-state index contributed by atoms with van der Waals surface area (Å²) >= 11 is 0. The van der Waals surface area contributed by atoms with Gasteiger partial charge in [-0.2, -0.15) is 0 Å². The van der Waals surface area contributed by atoms with E-state index in [0.29, 0.717) is 12.0 Å². The van der Waals surface area contributed by atoms with Crippen LogP contribution in [-0.2, 0) is 6.42 Å². The van der Waals surface area contributed by atoms with Crippen molar-refractivity contribution >= 4 is 12.0 Å². The fourth-order valence-electron chi connectivity index (χ4n) is 1.95. The van der Waals surface area contributed by atoms with Gasteiger partial charge in [0.05, 0.1) is 5.56 Å². The molecule has 1 aromatic heterocycles. The maximum Gasteiger partial charge on any atom is 0.335 e. The van der Waals surface area contributed by atoms with Crippen LogP contribution in [0.3, 0.4) is 0 Å². The third-order valence-electron chi connectivity index (χ3n) is 2.88. The third-order valence-corrected chi connectivity index (χ3v) is 2.88. The van der Waals surface area contributed by atoms with Gasteiger partial charge in [-0.3, -0.25) is 4.57 Å². The zero-order valence-electron chi connectivity index (χ0n) is 11.0. The molecule has 0 aliphatic carbocycles. The first kappa shape index (κ1) is 13.8. The fraction of sp³-hybridized carbons (Fsp3) is 0.214. The maximum atomic E-state index is 11.8. The first-order valence-electron chi connectivity index (χ1n) is 6.18. The number of nitrogens with zero attached hydrogens (tertiary/aromatic N) is 2. The SMILES string of the molecule is C[C@H](Cc1ccccc1C(=O)O)NC(=O)n1ccnc1. The van der Waals surface area contributed by atoms with E-state index in [4.69, 9.17) is 5.11 Å². The Hall–Kier alpha value is -2.63. The number of carbonyl (C=O) groups excluding carboxylic acids is 1. The molecule has 1 aromatic carbocycles. The summed E-state index contributed by atoms with van der Waals surface area (Å²) in [6, 6.07) is 6.30. The molecule has 0 saturated heterocycles. The predicted molar refractivity (Wildman–Crippen MR) is 72.7 cm³/mol. The number of amides is 1. The van der Waals surface area contributed by atoms with Gasteiger partial charge in [0.25, 0.3) is 0 Å². The van der Waals surface area contributed by atoms with Gasteiger partial charge in [0.2, 0.25) is 0 Å². The number of nitrogens with one attached hydrogen (secondary N) is 1. The maximum absolute atomic E-state index is 11.8. The molecule has 0 unspecified atom stereocenters. The van der Waals surface area contributed by atoms with Crippen molar-refractivity contribution in [2.45, 2.75) is 19.4 Å². The lowest BCUT2D eigenvalue weighted by molar-refractivity contribution is 0.0695. The number of hydrogen-bond acceptors (Lipinski definition) is 3. The molecule has 0 spiro atoms. The third kappa shape index (κ3) is 3.23. The molecule has 2 N–H and O–H groups in total. The lowest BCUT2D eigenvalue weighted by Gasteiger charge is -2.15. The Morgan fingerprint density at radius 2 is 2.15 bits per heavy atom. The predicted octanol–water partition coefficient (Wildman–Crippen LogP) is 1.77. The van der Waals surface area contributed by atoms with Crippen LogP contribution < -0.4 is 5.32 Å². The van der Waals surface area contributed by atoms with Gasteiger partial charge in [0, 0.05) is 18.4 Å². The molecule has 0 aliphatic heterocycles. The highest BCUT2D eigenvalue weighted by Crippen LogP contribution is 2.11. The summed E-state index contributed by atoms with van der Waals surface area (Å²) < 4.78 is 1.33. The average Bonchev–Trinajstić information content (AvgIpc) is 2.92. The lowest BCUT2D eigenvalue weighted by atomic mass is 10.0. The lowest BCUT2D eigenvalue weighted by Crippen LogP contribution is -2.36. The van der Waals surface area contributed by atoms with Crippen LogP contribution in [0.1, 0.15) is 22.8 Å². The van der Waals surface area contributed by atoms with Gasteiger partial charge in [0.1, 0.15) is 6.33 Å². The van der Waals surface area contributed by atoms with Gasteiger partial charge in [-0.05, 0) is 25.0 Å². The molecule has 2 rings (SSSR count). The Morgan fingerprint density at radius 1 is 1.40 bits per heavy atom. The second-order valence-electron chi connectivity index (χ2n) is 4.49. The number of aromatic carboxylic acids is 1. The van der Waals surface area contributed by atoms with Crippen LogP contribution >= 0.6 is 0 Å². The van der Waals surface area contributed by atoms with Crippen LogP contribution in [-0.4, -0.2) is 32.7 Å². The minimum Gasteiger partial charge on any atom is -0.478 e. The van der Waals surface area contributed by atoms with Crippen LogP contribution in [0.25, 0.3) is 0 Å². The minimum absolute atomic E-state index is 0.189. The van der Waals surface area contributed by atoms with Crippen molar-refractivity contribution in [1.29, 1.82) is 0 Å². The van der Waals surface area contributed by atoms with Crippen molar-refractivity contribution in [2.75, 3.05) is 0 Å². The molecule has 6 heteroatoms. The summed E-state index contributed by atoms with van der Waals surface area (Å²) in [5.41, 5.74) is 0.953. The molecule has 20 heavy (non-hydrogen) atoms. The first-order valence-corrected chi connectivity index (χ1v) is 6.18. The summed E-state index contributed by atoms with van der Waals surface area (Å²) in [5.74, 6) is -0.964. The quantitative estimate of drug-likeness (QED) is 0.889. The van der Waals surface area contributed by atoms with E-state index in [2.05, 4.69) is 10.3 Å². The van der Waals surface area contributed by atoms with E-state index in [-0.39, 0.29) is 17.6 Å². The molecular formula is C14H15N3O3. The minimum atomic E-state index is -0.964. The first-order chi connectivity index (χ1) is 9.58.